The summed E-state index contributed by atoms with van der Waals surface area (Å²) >= 11 is 0. The fraction of sp³-hybridized carbons (Fsp3) is 0.389. The van der Waals surface area contributed by atoms with Crippen molar-refractivity contribution in [3.63, 3.8) is 0 Å². The minimum absolute atomic E-state index is 0.0287. The minimum Gasteiger partial charge on any atom is -0.497 e. The zero-order chi connectivity index (χ0) is 31.4. The standard InChI is InChI=1S/C36H43N3O5/c1-24(2)37-17-8-18-39(33(40)21-27-11-13-29(42-5)14-12-27)34-25(3)9-7-10-28(34)23-38(20-19-37)36(41)35-26(4)31-22-30(43-6)15-16-32(31)44-35/h7,9-16,22,24H,8,17-21,23H2,1-6H3. The predicted molar refractivity (Wildman–Crippen MR) is 174 cm³/mol. The number of ether oxygens (including phenoxy) is 2. The van der Waals surface area contributed by atoms with Gasteiger partial charge in [-0.15, -0.1) is 0 Å². The monoisotopic (exact) mass is 597 g/mol. The molecule has 4 aromatic rings. The maximum absolute atomic E-state index is 14.3. The van der Waals surface area contributed by atoms with Gasteiger partial charge < -0.3 is 23.7 Å². The molecule has 0 aliphatic carbocycles. The Kier molecular flexibility index (Phi) is 9.59. The number of nitrogens with zero attached hydrogens (tertiary/aromatic N) is 3. The van der Waals surface area contributed by atoms with E-state index in [-0.39, 0.29) is 18.2 Å². The van der Waals surface area contributed by atoms with Crippen LogP contribution >= 0.6 is 0 Å². The van der Waals surface area contributed by atoms with E-state index in [1.807, 2.05) is 84.3 Å². The molecule has 1 aliphatic rings. The van der Waals surface area contributed by atoms with Crippen molar-refractivity contribution < 1.29 is 23.5 Å². The highest BCUT2D eigenvalue weighted by Crippen LogP contribution is 2.32. The molecule has 0 radical (unpaired) electrons. The number of aryl methyl sites for hydroxylation is 2. The molecule has 0 N–H and O–H groups in total. The topological polar surface area (TPSA) is 75.5 Å². The molecule has 0 saturated heterocycles. The highest BCUT2D eigenvalue weighted by Gasteiger charge is 2.28. The first-order valence-corrected chi connectivity index (χ1v) is 15.3. The first-order valence-electron chi connectivity index (χ1n) is 15.3. The Hall–Kier alpha value is -4.30. The Morgan fingerprint density at radius 1 is 0.886 bits per heavy atom. The number of furan rings is 1. The summed E-state index contributed by atoms with van der Waals surface area (Å²) in [7, 11) is 3.26. The zero-order valence-electron chi connectivity index (χ0n) is 26.7. The van der Waals surface area contributed by atoms with E-state index in [4.69, 9.17) is 13.9 Å². The summed E-state index contributed by atoms with van der Waals surface area (Å²) in [5.74, 6) is 1.67. The van der Waals surface area contributed by atoms with Crippen LogP contribution in [0.5, 0.6) is 11.5 Å². The van der Waals surface area contributed by atoms with E-state index in [2.05, 4.69) is 18.7 Å². The number of carbonyl (C=O) groups excluding carboxylic acids is 2. The van der Waals surface area contributed by atoms with E-state index < -0.39 is 0 Å². The molecular formula is C36H43N3O5. The van der Waals surface area contributed by atoms with Gasteiger partial charge in [0.1, 0.15) is 17.1 Å². The lowest BCUT2D eigenvalue weighted by Gasteiger charge is -2.30. The van der Waals surface area contributed by atoms with Crippen molar-refractivity contribution in [3.05, 3.63) is 88.7 Å². The lowest BCUT2D eigenvalue weighted by Crippen LogP contribution is -2.41. The van der Waals surface area contributed by atoms with E-state index in [1.165, 1.54) is 0 Å². The summed E-state index contributed by atoms with van der Waals surface area (Å²) in [6.07, 6.45) is 1.09. The molecule has 0 spiro atoms. The van der Waals surface area contributed by atoms with E-state index in [0.717, 1.165) is 58.6 Å². The van der Waals surface area contributed by atoms with Gasteiger partial charge in [-0.3, -0.25) is 14.5 Å². The highest BCUT2D eigenvalue weighted by molar-refractivity contribution is 6.00. The number of anilines is 1. The molecule has 8 heteroatoms. The Bertz CT molecular complexity index is 1630. The van der Waals surface area contributed by atoms with Gasteiger partial charge in [-0.1, -0.05) is 30.3 Å². The summed E-state index contributed by atoms with van der Waals surface area (Å²) in [4.78, 5) is 34.5. The third-order valence-electron chi connectivity index (χ3n) is 8.61. The third-order valence-corrected chi connectivity index (χ3v) is 8.61. The maximum Gasteiger partial charge on any atom is 0.290 e. The SMILES string of the molecule is COc1ccc(CC(=O)N2CCCN(C(C)C)CCN(C(=O)c3oc4ccc(OC)cc4c3C)Cc3cccc(C)c32)cc1. The average Bonchev–Trinajstić information content (AvgIpc) is 3.33. The number of benzene rings is 3. The van der Waals surface area contributed by atoms with Gasteiger partial charge in [0.15, 0.2) is 5.76 Å². The lowest BCUT2D eigenvalue weighted by atomic mass is 10.0. The van der Waals surface area contributed by atoms with Crippen molar-refractivity contribution in [2.75, 3.05) is 45.3 Å². The molecule has 1 aromatic heterocycles. The van der Waals surface area contributed by atoms with Gasteiger partial charge in [-0.25, -0.2) is 0 Å². The molecule has 1 aliphatic heterocycles. The fourth-order valence-electron chi connectivity index (χ4n) is 6.05. The summed E-state index contributed by atoms with van der Waals surface area (Å²) in [5.41, 5.74) is 5.20. The van der Waals surface area contributed by atoms with Gasteiger partial charge >= 0.3 is 0 Å². The molecule has 232 valence electrons. The predicted octanol–water partition coefficient (Wildman–Crippen LogP) is 6.40. The van der Waals surface area contributed by atoms with Crippen molar-refractivity contribution in [3.8, 4) is 11.5 Å². The number of methoxy groups -OCH3 is 2. The van der Waals surface area contributed by atoms with Crippen LogP contribution in [0.25, 0.3) is 11.0 Å². The molecule has 0 atom stereocenters. The van der Waals surface area contributed by atoms with Crippen LogP contribution in [-0.2, 0) is 17.8 Å². The molecular weight excluding hydrogens is 554 g/mol. The van der Waals surface area contributed by atoms with E-state index in [1.54, 1.807) is 14.2 Å². The summed E-state index contributed by atoms with van der Waals surface area (Å²) in [6, 6.07) is 19.6. The number of para-hydroxylation sites is 1. The Labute approximate surface area is 260 Å². The molecule has 8 nitrogen and oxygen atoms in total. The average molecular weight is 598 g/mol. The van der Waals surface area contributed by atoms with Crippen LogP contribution < -0.4 is 14.4 Å². The molecule has 0 fully saturated rings. The first kappa shape index (κ1) is 31.1. The molecule has 0 bridgehead atoms. The lowest BCUT2D eigenvalue weighted by molar-refractivity contribution is -0.118. The number of rotatable bonds is 6. The van der Waals surface area contributed by atoms with Crippen LogP contribution in [0.4, 0.5) is 5.69 Å². The maximum atomic E-state index is 14.3. The van der Waals surface area contributed by atoms with Gasteiger partial charge in [0.05, 0.1) is 26.3 Å². The minimum atomic E-state index is -0.163. The third kappa shape index (κ3) is 6.60. The van der Waals surface area contributed by atoms with Gasteiger partial charge in [0, 0.05) is 49.7 Å². The van der Waals surface area contributed by atoms with E-state index in [9.17, 15) is 9.59 Å². The van der Waals surface area contributed by atoms with Gasteiger partial charge in [-0.05, 0) is 81.1 Å². The van der Waals surface area contributed by atoms with Gasteiger partial charge in [0.2, 0.25) is 5.91 Å². The largest absolute Gasteiger partial charge is 0.497 e. The summed E-state index contributed by atoms with van der Waals surface area (Å²) < 4.78 is 16.9. The number of amides is 2. The van der Waals surface area contributed by atoms with Crippen molar-refractivity contribution in [1.29, 1.82) is 0 Å². The summed E-state index contributed by atoms with van der Waals surface area (Å²) in [6.45, 7) is 11.3. The van der Waals surface area contributed by atoms with Crippen molar-refractivity contribution in [1.82, 2.24) is 9.80 Å². The molecule has 3 aromatic carbocycles. The smallest absolute Gasteiger partial charge is 0.290 e. The second-order valence-electron chi connectivity index (χ2n) is 11.8. The van der Waals surface area contributed by atoms with Gasteiger partial charge in [0.25, 0.3) is 5.91 Å². The number of hydrogen-bond donors (Lipinski definition) is 0. The number of carbonyl (C=O) groups is 2. The summed E-state index contributed by atoms with van der Waals surface area (Å²) in [5, 5.41) is 0.862. The highest BCUT2D eigenvalue weighted by atomic mass is 16.5. The van der Waals surface area contributed by atoms with Crippen LogP contribution in [0.1, 0.15) is 53.1 Å². The zero-order valence-corrected chi connectivity index (χ0v) is 26.7. The fourth-order valence-corrected chi connectivity index (χ4v) is 6.05. The molecule has 5 rings (SSSR count). The Balaban J connectivity index is 1.53. The van der Waals surface area contributed by atoms with Crippen LogP contribution in [0.2, 0.25) is 0 Å². The Morgan fingerprint density at radius 3 is 2.32 bits per heavy atom. The molecule has 2 amide bonds. The molecule has 44 heavy (non-hydrogen) atoms. The first-order chi connectivity index (χ1) is 21.2. The van der Waals surface area contributed by atoms with E-state index in [0.29, 0.717) is 42.8 Å². The molecule has 2 heterocycles. The Morgan fingerprint density at radius 2 is 1.61 bits per heavy atom. The second-order valence-corrected chi connectivity index (χ2v) is 11.8. The van der Waals surface area contributed by atoms with E-state index >= 15 is 0 Å². The van der Waals surface area contributed by atoms with Gasteiger partial charge in [-0.2, -0.15) is 0 Å². The number of fused-ring (bicyclic) bond motifs is 2. The number of hydrogen-bond acceptors (Lipinski definition) is 6. The normalized spacial score (nSPS) is 14.8. The van der Waals surface area contributed by atoms with Crippen LogP contribution in [-0.4, -0.2) is 68.1 Å². The quantitative estimate of drug-likeness (QED) is 0.256. The van der Waals surface area contributed by atoms with Crippen LogP contribution in [0.3, 0.4) is 0 Å². The molecule has 0 saturated carbocycles. The van der Waals surface area contributed by atoms with Crippen molar-refractivity contribution in [2.24, 2.45) is 0 Å². The second kappa shape index (κ2) is 13.6. The molecule has 0 unspecified atom stereocenters. The van der Waals surface area contributed by atoms with Crippen molar-refractivity contribution in [2.45, 2.75) is 53.1 Å². The van der Waals surface area contributed by atoms with Crippen LogP contribution in [0, 0.1) is 13.8 Å². The van der Waals surface area contributed by atoms with Crippen molar-refractivity contribution >= 4 is 28.5 Å². The van der Waals surface area contributed by atoms with Crippen LogP contribution in [0.15, 0.2) is 65.1 Å².